The van der Waals surface area contributed by atoms with Gasteiger partial charge >= 0.3 is 0 Å². The SMILES string of the molecule is C[C@]1(c2ccc3sccc3c2)CC(=O)N(CCCN2CCCC2=O)C(=N)N1. The molecular formula is C20H24N4O2S. The summed E-state index contributed by atoms with van der Waals surface area (Å²) in [6.45, 7) is 3.91. The van der Waals surface area contributed by atoms with Crippen molar-refractivity contribution in [1.29, 1.82) is 5.41 Å². The molecule has 3 heterocycles. The van der Waals surface area contributed by atoms with E-state index in [4.69, 9.17) is 5.41 Å². The predicted molar refractivity (Wildman–Crippen MR) is 107 cm³/mol. The molecule has 4 rings (SSSR count). The molecule has 2 N–H and O–H groups in total. The zero-order valence-electron chi connectivity index (χ0n) is 15.5. The van der Waals surface area contributed by atoms with Gasteiger partial charge < -0.3 is 10.2 Å². The Bertz CT molecular complexity index is 888. The number of carbonyl (C=O) groups excluding carboxylic acids is 2. The first kappa shape index (κ1) is 18.0. The van der Waals surface area contributed by atoms with Gasteiger partial charge in [0.2, 0.25) is 11.8 Å². The molecule has 0 saturated carbocycles. The van der Waals surface area contributed by atoms with Crippen molar-refractivity contribution < 1.29 is 9.59 Å². The lowest BCUT2D eigenvalue weighted by molar-refractivity contribution is -0.130. The summed E-state index contributed by atoms with van der Waals surface area (Å²) in [5.41, 5.74) is 0.444. The van der Waals surface area contributed by atoms with E-state index in [0.717, 1.165) is 23.9 Å². The molecule has 1 aromatic carbocycles. The Morgan fingerprint density at radius 1 is 1.22 bits per heavy atom. The van der Waals surface area contributed by atoms with E-state index in [9.17, 15) is 9.59 Å². The van der Waals surface area contributed by atoms with E-state index in [0.29, 0.717) is 32.4 Å². The van der Waals surface area contributed by atoms with Crippen molar-refractivity contribution >= 4 is 39.2 Å². The fraction of sp³-hybridized carbons (Fsp3) is 0.450. The minimum atomic E-state index is -0.578. The standard InChI is InChI=1S/C20H24N4O2S/c1-20(15-5-6-16-14(12-15)7-11-27-16)13-18(26)24(19(21)22-20)10-3-9-23-8-2-4-17(23)25/h5-7,11-12H,2-4,8-10,13H2,1H3,(H2,21,22)/t20-/m1/s1. The van der Waals surface area contributed by atoms with Crippen LogP contribution in [-0.4, -0.2) is 47.2 Å². The average molecular weight is 385 g/mol. The van der Waals surface area contributed by atoms with Crippen LogP contribution in [0.3, 0.4) is 0 Å². The molecule has 2 aliphatic heterocycles. The molecule has 6 nitrogen and oxygen atoms in total. The highest BCUT2D eigenvalue weighted by molar-refractivity contribution is 7.17. The lowest BCUT2D eigenvalue weighted by Gasteiger charge is -2.41. The average Bonchev–Trinajstić information content (AvgIpc) is 3.25. The zero-order chi connectivity index (χ0) is 19.0. The number of nitrogens with one attached hydrogen (secondary N) is 2. The van der Waals surface area contributed by atoms with Crippen LogP contribution in [0.25, 0.3) is 10.1 Å². The van der Waals surface area contributed by atoms with Crippen LogP contribution in [0.15, 0.2) is 29.6 Å². The van der Waals surface area contributed by atoms with E-state index in [1.54, 1.807) is 11.3 Å². The van der Waals surface area contributed by atoms with Gasteiger partial charge in [0.05, 0.1) is 12.0 Å². The Kier molecular flexibility index (Phi) is 4.63. The minimum Gasteiger partial charge on any atom is -0.346 e. The van der Waals surface area contributed by atoms with Gasteiger partial charge in [-0.25, -0.2) is 0 Å². The fourth-order valence-electron chi connectivity index (χ4n) is 3.98. The van der Waals surface area contributed by atoms with E-state index in [1.807, 2.05) is 17.9 Å². The Morgan fingerprint density at radius 3 is 2.81 bits per heavy atom. The van der Waals surface area contributed by atoms with E-state index in [2.05, 4.69) is 28.9 Å². The minimum absolute atomic E-state index is 0.0422. The van der Waals surface area contributed by atoms with Gasteiger partial charge in [-0.1, -0.05) is 6.07 Å². The van der Waals surface area contributed by atoms with Crippen molar-refractivity contribution in [3.63, 3.8) is 0 Å². The molecule has 2 saturated heterocycles. The molecule has 27 heavy (non-hydrogen) atoms. The summed E-state index contributed by atoms with van der Waals surface area (Å²) in [5.74, 6) is 0.302. The molecule has 2 amide bonds. The Hall–Kier alpha value is -2.41. The van der Waals surface area contributed by atoms with Crippen molar-refractivity contribution in [3.8, 4) is 0 Å². The lowest BCUT2D eigenvalue weighted by Crippen LogP contribution is -2.59. The maximum absolute atomic E-state index is 12.8. The third-order valence-electron chi connectivity index (χ3n) is 5.54. The van der Waals surface area contributed by atoms with E-state index >= 15 is 0 Å². The van der Waals surface area contributed by atoms with Crippen LogP contribution in [0.5, 0.6) is 0 Å². The van der Waals surface area contributed by atoms with Gasteiger partial charge in [-0.05, 0) is 54.3 Å². The van der Waals surface area contributed by atoms with Crippen molar-refractivity contribution in [1.82, 2.24) is 15.1 Å². The quantitative estimate of drug-likeness (QED) is 0.832. The van der Waals surface area contributed by atoms with Crippen LogP contribution in [0.2, 0.25) is 0 Å². The summed E-state index contributed by atoms with van der Waals surface area (Å²) in [6, 6.07) is 8.31. The monoisotopic (exact) mass is 384 g/mol. The first-order valence-electron chi connectivity index (χ1n) is 9.39. The number of fused-ring (bicyclic) bond motifs is 1. The number of carbonyl (C=O) groups is 2. The highest BCUT2D eigenvalue weighted by atomic mass is 32.1. The van der Waals surface area contributed by atoms with Crippen molar-refractivity contribution in [2.24, 2.45) is 0 Å². The molecule has 2 aliphatic rings. The molecule has 0 unspecified atom stereocenters. The number of benzene rings is 1. The summed E-state index contributed by atoms with van der Waals surface area (Å²) < 4.78 is 1.22. The summed E-state index contributed by atoms with van der Waals surface area (Å²) in [7, 11) is 0. The van der Waals surface area contributed by atoms with E-state index in [1.165, 1.54) is 9.60 Å². The molecule has 0 radical (unpaired) electrons. The molecule has 1 aromatic heterocycles. The molecule has 0 spiro atoms. The summed E-state index contributed by atoms with van der Waals surface area (Å²) in [6.07, 6.45) is 2.56. The van der Waals surface area contributed by atoms with E-state index < -0.39 is 5.54 Å². The van der Waals surface area contributed by atoms with Crippen LogP contribution in [0.1, 0.15) is 38.2 Å². The van der Waals surface area contributed by atoms with Gasteiger partial charge in [0, 0.05) is 30.8 Å². The highest BCUT2D eigenvalue weighted by Gasteiger charge is 2.39. The maximum atomic E-state index is 12.8. The molecule has 7 heteroatoms. The number of guanidine groups is 1. The first-order valence-corrected chi connectivity index (χ1v) is 10.3. The molecule has 2 aromatic rings. The number of hydrogen-bond donors (Lipinski definition) is 2. The van der Waals surface area contributed by atoms with Crippen LogP contribution < -0.4 is 5.32 Å². The summed E-state index contributed by atoms with van der Waals surface area (Å²) in [4.78, 5) is 27.8. The van der Waals surface area contributed by atoms with Crippen molar-refractivity contribution in [2.45, 2.75) is 38.1 Å². The topological polar surface area (TPSA) is 76.5 Å². The number of likely N-dealkylation sites (tertiary alicyclic amines) is 1. The predicted octanol–water partition coefficient (Wildman–Crippen LogP) is 2.89. The second-order valence-corrected chi connectivity index (χ2v) is 8.49. The van der Waals surface area contributed by atoms with Crippen molar-refractivity contribution in [3.05, 3.63) is 35.2 Å². The Balaban J connectivity index is 1.42. The fourth-order valence-corrected chi connectivity index (χ4v) is 4.75. The van der Waals surface area contributed by atoms with Crippen LogP contribution in [0, 0.1) is 5.41 Å². The zero-order valence-corrected chi connectivity index (χ0v) is 16.3. The second-order valence-electron chi connectivity index (χ2n) is 7.54. The van der Waals surface area contributed by atoms with Gasteiger partial charge in [-0.3, -0.25) is 19.9 Å². The first-order chi connectivity index (χ1) is 13.0. The van der Waals surface area contributed by atoms with Crippen LogP contribution in [0.4, 0.5) is 0 Å². The van der Waals surface area contributed by atoms with Crippen LogP contribution in [-0.2, 0) is 15.1 Å². The van der Waals surface area contributed by atoms with Gasteiger partial charge in [-0.2, -0.15) is 0 Å². The third-order valence-corrected chi connectivity index (χ3v) is 6.44. The van der Waals surface area contributed by atoms with Gasteiger partial charge in [0.25, 0.3) is 0 Å². The number of hydrogen-bond acceptors (Lipinski definition) is 4. The Morgan fingerprint density at radius 2 is 2.07 bits per heavy atom. The third kappa shape index (κ3) is 3.43. The van der Waals surface area contributed by atoms with Gasteiger partial charge in [0.15, 0.2) is 5.96 Å². The number of nitrogens with zero attached hydrogens (tertiary/aromatic N) is 2. The molecule has 2 fully saturated rings. The molecule has 0 bridgehead atoms. The van der Waals surface area contributed by atoms with Gasteiger partial charge in [-0.15, -0.1) is 11.3 Å². The summed E-state index contributed by atoms with van der Waals surface area (Å²) >= 11 is 1.70. The molecule has 1 atom stereocenters. The Labute approximate surface area is 162 Å². The normalized spacial score (nSPS) is 23.4. The lowest BCUT2D eigenvalue weighted by atomic mass is 9.86. The molecular weight excluding hydrogens is 360 g/mol. The highest BCUT2D eigenvalue weighted by Crippen LogP contribution is 2.32. The van der Waals surface area contributed by atoms with Gasteiger partial charge in [0.1, 0.15) is 0 Å². The molecule has 0 aliphatic carbocycles. The molecule has 142 valence electrons. The summed E-state index contributed by atoms with van der Waals surface area (Å²) in [5, 5.41) is 14.8. The van der Waals surface area contributed by atoms with E-state index in [-0.39, 0.29) is 17.8 Å². The number of thiophene rings is 1. The number of amides is 2. The van der Waals surface area contributed by atoms with Crippen molar-refractivity contribution in [2.75, 3.05) is 19.6 Å². The smallest absolute Gasteiger partial charge is 0.231 e. The second kappa shape index (κ2) is 6.96. The largest absolute Gasteiger partial charge is 0.346 e. The van der Waals surface area contributed by atoms with Crippen LogP contribution >= 0.6 is 11.3 Å². The maximum Gasteiger partial charge on any atom is 0.231 e. The number of rotatable bonds is 5.